The zero-order chi connectivity index (χ0) is 26.3. The van der Waals surface area contributed by atoms with Gasteiger partial charge >= 0.3 is 11.9 Å². The Morgan fingerprint density at radius 2 is 1.89 bits per heavy atom. The standard InChI is InChI=1S/C31H36N2O5/c1-20(34)38-18-22-12-15-37-19-25(22)23-16-24(30(35)36-2)28-31(26-10-6-7-11-27(26)32-28)13-14-33(29(23)31)17-21-8-4-3-5-9-21/h3-11,22-23,25,29,32H,12-19H2,1-2H3/t22-,23+,25-,29+,31+/m0/s1. The van der Waals surface area contributed by atoms with Crippen molar-refractivity contribution in [2.75, 3.05) is 38.8 Å². The van der Waals surface area contributed by atoms with Crippen molar-refractivity contribution in [3.63, 3.8) is 0 Å². The number of para-hydroxylation sites is 1. The van der Waals surface area contributed by atoms with Crippen molar-refractivity contribution >= 4 is 17.6 Å². The molecule has 2 aromatic carbocycles. The fourth-order valence-electron chi connectivity index (χ4n) is 7.68. The van der Waals surface area contributed by atoms with Crippen LogP contribution >= 0.6 is 0 Å². The van der Waals surface area contributed by atoms with Crippen LogP contribution in [0.3, 0.4) is 0 Å². The summed E-state index contributed by atoms with van der Waals surface area (Å²) in [5.74, 6) is -0.0618. The number of benzene rings is 2. The second-order valence-corrected chi connectivity index (χ2v) is 11.1. The van der Waals surface area contributed by atoms with Crippen molar-refractivity contribution in [1.29, 1.82) is 0 Å². The number of carbonyl (C=O) groups is 2. The van der Waals surface area contributed by atoms with Crippen LogP contribution in [0.1, 0.15) is 37.3 Å². The maximum absolute atomic E-state index is 13.3. The molecule has 2 aromatic rings. The smallest absolute Gasteiger partial charge is 0.335 e. The third-order valence-electron chi connectivity index (χ3n) is 9.21. The lowest BCUT2D eigenvalue weighted by Gasteiger charge is -2.50. The number of methoxy groups -OCH3 is 1. The highest BCUT2D eigenvalue weighted by molar-refractivity contribution is 5.93. The number of hydrogen-bond donors (Lipinski definition) is 1. The molecule has 7 heteroatoms. The molecule has 1 N–H and O–H groups in total. The van der Waals surface area contributed by atoms with E-state index in [0.717, 1.165) is 42.9 Å². The summed E-state index contributed by atoms with van der Waals surface area (Å²) in [4.78, 5) is 27.7. The van der Waals surface area contributed by atoms with Crippen LogP contribution in [0.5, 0.6) is 0 Å². The molecule has 0 unspecified atom stereocenters. The highest BCUT2D eigenvalue weighted by atomic mass is 16.5. The summed E-state index contributed by atoms with van der Waals surface area (Å²) in [5, 5.41) is 3.67. The van der Waals surface area contributed by atoms with Crippen LogP contribution in [0.15, 0.2) is 65.9 Å². The molecule has 5 atom stereocenters. The number of ether oxygens (including phenoxy) is 3. The highest BCUT2D eigenvalue weighted by Gasteiger charge is 2.62. The van der Waals surface area contributed by atoms with Gasteiger partial charge in [0.05, 0.1) is 31.3 Å². The predicted octanol–water partition coefficient (Wildman–Crippen LogP) is 4.29. The quantitative estimate of drug-likeness (QED) is 0.574. The number of fused-ring (bicyclic) bond motifs is 1. The minimum atomic E-state index is -0.332. The van der Waals surface area contributed by atoms with E-state index >= 15 is 0 Å². The normalized spacial score (nSPS) is 30.2. The van der Waals surface area contributed by atoms with Crippen LogP contribution in [0.4, 0.5) is 5.69 Å². The van der Waals surface area contributed by atoms with Gasteiger partial charge in [-0.1, -0.05) is 48.5 Å². The first-order valence-electron chi connectivity index (χ1n) is 13.7. The number of nitrogens with one attached hydrogen (secondary N) is 1. The van der Waals surface area contributed by atoms with Crippen LogP contribution in [-0.4, -0.2) is 56.4 Å². The van der Waals surface area contributed by atoms with Crippen molar-refractivity contribution in [3.05, 3.63) is 77.0 Å². The minimum Gasteiger partial charge on any atom is -0.466 e. The molecule has 38 heavy (non-hydrogen) atoms. The third kappa shape index (κ3) is 4.12. The highest BCUT2D eigenvalue weighted by Crippen LogP contribution is 2.61. The largest absolute Gasteiger partial charge is 0.466 e. The Morgan fingerprint density at radius 1 is 1.11 bits per heavy atom. The Balaban J connectivity index is 1.48. The zero-order valence-corrected chi connectivity index (χ0v) is 22.2. The SMILES string of the molecule is COC(=O)C1=C2Nc3ccccc3[C@]23CCN(Cc2ccccc2)[C@@H]3[C@@H]([C@H]2COCC[C@H]2COC(C)=O)C1. The summed E-state index contributed by atoms with van der Waals surface area (Å²) in [6.45, 7) is 4.88. The number of hydrogen-bond acceptors (Lipinski definition) is 7. The molecule has 1 aliphatic carbocycles. The average Bonchev–Trinajstić information content (AvgIpc) is 3.49. The third-order valence-corrected chi connectivity index (χ3v) is 9.21. The van der Waals surface area contributed by atoms with E-state index in [9.17, 15) is 9.59 Å². The molecule has 2 saturated heterocycles. The van der Waals surface area contributed by atoms with Gasteiger partial charge in [-0.15, -0.1) is 0 Å². The Bertz CT molecular complexity index is 1240. The maximum Gasteiger partial charge on any atom is 0.335 e. The molecule has 0 amide bonds. The molecular weight excluding hydrogens is 480 g/mol. The Morgan fingerprint density at radius 3 is 2.68 bits per heavy atom. The molecule has 3 aliphatic heterocycles. The fourth-order valence-corrected chi connectivity index (χ4v) is 7.68. The van der Waals surface area contributed by atoms with Gasteiger partial charge in [-0.25, -0.2) is 4.79 Å². The summed E-state index contributed by atoms with van der Waals surface area (Å²) < 4.78 is 17.0. The molecule has 3 heterocycles. The fraction of sp³-hybridized carbons (Fsp3) is 0.484. The van der Waals surface area contributed by atoms with Crippen LogP contribution in [0, 0.1) is 17.8 Å². The lowest BCUT2D eigenvalue weighted by molar-refractivity contribution is -0.145. The Labute approximate surface area is 224 Å². The summed E-state index contributed by atoms with van der Waals surface area (Å²) in [7, 11) is 1.47. The van der Waals surface area contributed by atoms with Gasteiger partial charge in [0.2, 0.25) is 0 Å². The topological polar surface area (TPSA) is 77.1 Å². The Kier molecular flexibility index (Phi) is 6.74. The molecule has 4 aliphatic rings. The molecule has 0 radical (unpaired) electrons. The minimum absolute atomic E-state index is 0.132. The van der Waals surface area contributed by atoms with Gasteiger partial charge in [0.25, 0.3) is 0 Å². The van der Waals surface area contributed by atoms with Gasteiger partial charge in [0, 0.05) is 50.0 Å². The summed E-state index contributed by atoms with van der Waals surface area (Å²) in [5.41, 5.74) is 5.03. The number of rotatable bonds is 6. The predicted molar refractivity (Wildman–Crippen MR) is 143 cm³/mol. The zero-order valence-electron chi connectivity index (χ0n) is 22.2. The van der Waals surface area contributed by atoms with E-state index in [0.29, 0.717) is 26.2 Å². The van der Waals surface area contributed by atoms with E-state index in [4.69, 9.17) is 14.2 Å². The van der Waals surface area contributed by atoms with Crippen molar-refractivity contribution in [2.45, 2.75) is 44.2 Å². The molecule has 0 saturated carbocycles. The van der Waals surface area contributed by atoms with E-state index in [1.807, 2.05) is 6.07 Å². The van der Waals surface area contributed by atoms with Gasteiger partial charge in [0.1, 0.15) is 0 Å². The van der Waals surface area contributed by atoms with E-state index in [2.05, 4.69) is 58.7 Å². The van der Waals surface area contributed by atoms with Crippen LogP contribution < -0.4 is 5.32 Å². The van der Waals surface area contributed by atoms with Gasteiger partial charge < -0.3 is 19.5 Å². The monoisotopic (exact) mass is 516 g/mol. The number of nitrogens with zero attached hydrogens (tertiary/aromatic N) is 1. The number of esters is 2. The lowest BCUT2D eigenvalue weighted by Crippen LogP contribution is -2.55. The second-order valence-electron chi connectivity index (χ2n) is 11.1. The molecule has 7 nitrogen and oxygen atoms in total. The maximum atomic E-state index is 13.3. The van der Waals surface area contributed by atoms with Gasteiger partial charge in [-0.2, -0.15) is 0 Å². The second kappa shape index (κ2) is 10.2. The van der Waals surface area contributed by atoms with Gasteiger partial charge in [0.15, 0.2) is 0 Å². The molecule has 1 spiro atoms. The number of anilines is 1. The van der Waals surface area contributed by atoms with Gasteiger partial charge in [-0.05, 0) is 48.3 Å². The number of carbonyl (C=O) groups excluding carboxylic acids is 2. The van der Waals surface area contributed by atoms with Crippen molar-refractivity contribution in [3.8, 4) is 0 Å². The Hall–Kier alpha value is -3.16. The first-order valence-corrected chi connectivity index (χ1v) is 13.7. The first-order chi connectivity index (χ1) is 18.5. The average molecular weight is 517 g/mol. The molecule has 2 fully saturated rings. The summed E-state index contributed by atoms with van der Waals surface area (Å²) in [6.07, 6.45) is 2.36. The van der Waals surface area contributed by atoms with E-state index in [-0.39, 0.29) is 41.1 Å². The lowest BCUT2D eigenvalue weighted by atomic mass is 9.59. The molecule has 6 rings (SSSR count). The van der Waals surface area contributed by atoms with Crippen LogP contribution in [0.25, 0.3) is 0 Å². The molecule has 200 valence electrons. The molecular formula is C31H36N2O5. The first kappa shape index (κ1) is 25.1. The molecule has 0 aromatic heterocycles. The summed E-state index contributed by atoms with van der Waals surface area (Å²) in [6, 6.07) is 19.3. The van der Waals surface area contributed by atoms with Crippen molar-refractivity contribution in [2.24, 2.45) is 17.8 Å². The summed E-state index contributed by atoms with van der Waals surface area (Å²) >= 11 is 0. The van der Waals surface area contributed by atoms with E-state index < -0.39 is 0 Å². The molecule has 0 bridgehead atoms. The van der Waals surface area contributed by atoms with E-state index in [1.165, 1.54) is 25.2 Å². The van der Waals surface area contributed by atoms with E-state index in [1.54, 1.807) is 0 Å². The number of likely N-dealkylation sites (tertiary alicyclic amines) is 1. The van der Waals surface area contributed by atoms with Crippen LogP contribution in [-0.2, 0) is 35.8 Å². The van der Waals surface area contributed by atoms with Crippen molar-refractivity contribution < 1.29 is 23.8 Å². The van der Waals surface area contributed by atoms with Gasteiger partial charge in [-0.3, -0.25) is 9.69 Å². The van der Waals surface area contributed by atoms with Crippen LogP contribution in [0.2, 0.25) is 0 Å². The van der Waals surface area contributed by atoms with Crippen molar-refractivity contribution in [1.82, 2.24) is 4.90 Å².